The second kappa shape index (κ2) is 5.17. The molecule has 2 heterocycles. The van der Waals surface area contributed by atoms with E-state index in [4.69, 9.17) is 0 Å². The lowest BCUT2D eigenvalue weighted by molar-refractivity contribution is -0.128. The Morgan fingerprint density at radius 3 is 2.78 bits per heavy atom. The van der Waals surface area contributed by atoms with E-state index < -0.39 is 15.4 Å². The molecule has 0 spiro atoms. The topological polar surface area (TPSA) is 75.3 Å². The van der Waals surface area contributed by atoms with E-state index in [1.165, 1.54) is 0 Å². The van der Waals surface area contributed by atoms with Gasteiger partial charge in [-0.15, -0.1) is 0 Å². The van der Waals surface area contributed by atoms with Crippen LogP contribution < -0.4 is 10.6 Å². The molecule has 2 unspecified atom stereocenters. The Morgan fingerprint density at radius 2 is 2.28 bits per heavy atom. The third-order valence-corrected chi connectivity index (χ3v) is 5.69. The molecule has 104 valence electrons. The molecule has 0 aromatic heterocycles. The van der Waals surface area contributed by atoms with Gasteiger partial charge in [0.2, 0.25) is 5.91 Å². The summed E-state index contributed by atoms with van der Waals surface area (Å²) in [5, 5.41) is 6.23. The van der Waals surface area contributed by atoms with Gasteiger partial charge in [0, 0.05) is 6.04 Å². The SMILES string of the molecule is CCCC1(C(=O)NC2CCS(=O)(=O)C2)CCCN1. The smallest absolute Gasteiger partial charge is 0.240 e. The number of hydrogen-bond acceptors (Lipinski definition) is 4. The predicted molar refractivity (Wildman–Crippen MR) is 70.1 cm³/mol. The fourth-order valence-corrected chi connectivity index (χ4v) is 4.66. The van der Waals surface area contributed by atoms with E-state index in [0.717, 1.165) is 32.2 Å². The van der Waals surface area contributed by atoms with E-state index in [0.29, 0.717) is 6.42 Å². The average molecular weight is 274 g/mol. The van der Waals surface area contributed by atoms with E-state index in [2.05, 4.69) is 17.6 Å². The van der Waals surface area contributed by atoms with Gasteiger partial charge in [-0.2, -0.15) is 0 Å². The summed E-state index contributed by atoms with van der Waals surface area (Å²) in [6.07, 6.45) is 4.18. The molecule has 0 bridgehead atoms. The Kier molecular flexibility index (Phi) is 3.96. The summed E-state index contributed by atoms with van der Waals surface area (Å²) in [4.78, 5) is 12.4. The van der Waals surface area contributed by atoms with E-state index in [1.54, 1.807) is 0 Å². The first-order chi connectivity index (χ1) is 8.47. The first-order valence-corrected chi connectivity index (χ1v) is 8.56. The van der Waals surface area contributed by atoms with Crippen molar-refractivity contribution in [2.24, 2.45) is 0 Å². The van der Waals surface area contributed by atoms with Gasteiger partial charge in [0.05, 0.1) is 17.0 Å². The van der Waals surface area contributed by atoms with Gasteiger partial charge in [-0.25, -0.2) is 8.42 Å². The van der Waals surface area contributed by atoms with E-state index in [9.17, 15) is 13.2 Å². The second-order valence-corrected chi connectivity index (χ2v) is 7.66. The van der Waals surface area contributed by atoms with Gasteiger partial charge in [-0.1, -0.05) is 13.3 Å². The fourth-order valence-electron chi connectivity index (χ4n) is 2.99. The number of sulfone groups is 1. The third-order valence-electron chi connectivity index (χ3n) is 3.92. The van der Waals surface area contributed by atoms with E-state index in [1.807, 2.05) is 0 Å². The van der Waals surface area contributed by atoms with Crippen molar-refractivity contribution in [3.8, 4) is 0 Å². The molecule has 2 fully saturated rings. The molecule has 2 N–H and O–H groups in total. The summed E-state index contributed by atoms with van der Waals surface area (Å²) in [6.45, 7) is 2.94. The van der Waals surface area contributed by atoms with Gasteiger partial charge in [-0.3, -0.25) is 4.79 Å². The van der Waals surface area contributed by atoms with Crippen molar-refractivity contribution < 1.29 is 13.2 Å². The van der Waals surface area contributed by atoms with Crippen LogP contribution >= 0.6 is 0 Å². The summed E-state index contributed by atoms with van der Waals surface area (Å²) in [6, 6.07) is -0.196. The molecule has 5 nitrogen and oxygen atoms in total. The van der Waals surface area contributed by atoms with Crippen LogP contribution in [0.1, 0.15) is 39.0 Å². The Morgan fingerprint density at radius 1 is 1.50 bits per heavy atom. The molecular weight excluding hydrogens is 252 g/mol. The lowest BCUT2D eigenvalue weighted by atomic mass is 9.90. The molecule has 2 rings (SSSR count). The maximum absolute atomic E-state index is 12.4. The summed E-state index contributed by atoms with van der Waals surface area (Å²) in [5.41, 5.74) is -0.457. The Labute approximate surface area is 109 Å². The third kappa shape index (κ3) is 2.85. The highest BCUT2D eigenvalue weighted by molar-refractivity contribution is 7.91. The number of carbonyl (C=O) groups excluding carboxylic acids is 1. The first-order valence-electron chi connectivity index (χ1n) is 6.74. The largest absolute Gasteiger partial charge is 0.351 e. The summed E-state index contributed by atoms with van der Waals surface area (Å²) in [7, 11) is -2.93. The molecule has 2 aliphatic heterocycles. The van der Waals surface area contributed by atoms with Gasteiger partial charge >= 0.3 is 0 Å². The maximum Gasteiger partial charge on any atom is 0.240 e. The van der Waals surface area contributed by atoms with Crippen molar-refractivity contribution in [3.63, 3.8) is 0 Å². The lowest BCUT2D eigenvalue weighted by Gasteiger charge is -2.29. The highest BCUT2D eigenvalue weighted by Gasteiger charge is 2.41. The summed E-state index contributed by atoms with van der Waals surface area (Å²) < 4.78 is 22.8. The normalized spacial score (nSPS) is 34.6. The molecule has 0 saturated carbocycles. The van der Waals surface area contributed by atoms with Gasteiger partial charge in [0.1, 0.15) is 0 Å². The van der Waals surface area contributed by atoms with Crippen molar-refractivity contribution in [2.45, 2.75) is 50.6 Å². The van der Waals surface area contributed by atoms with Crippen LogP contribution in [0.5, 0.6) is 0 Å². The summed E-state index contributed by atoms with van der Waals surface area (Å²) >= 11 is 0. The van der Waals surface area contributed by atoms with E-state index >= 15 is 0 Å². The van der Waals surface area contributed by atoms with Crippen LogP contribution in [0, 0.1) is 0 Å². The van der Waals surface area contributed by atoms with Crippen LogP contribution in [0.15, 0.2) is 0 Å². The van der Waals surface area contributed by atoms with Crippen molar-refractivity contribution in [2.75, 3.05) is 18.1 Å². The van der Waals surface area contributed by atoms with Gasteiger partial charge in [0.15, 0.2) is 9.84 Å². The van der Waals surface area contributed by atoms with Crippen LogP contribution in [0.2, 0.25) is 0 Å². The molecular formula is C12H22N2O3S. The average Bonchev–Trinajstić information content (AvgIpc) is 2.87. The molecule has 0 aromatic rings. The minimum absolute atomic E-state index is 0.0102. The molecule has 1 amide bonds. The van der Waals surface area contributed by atoms with E-state index in [-0.39, 0.29) is 23.5 Å². The molecule has 6 heteroatoms. The molecule has 2 saturated heterocycles. The second-order valence-electron chi connectivity index (χ2n) is 5.44. The van der Waals surface area contributed by atoms with Gasteiger partial charge < -0.3 is 10.6 Å². The van der Waals surface area contributed by atoms with Gasteiger partial charge in [0.25, 0.3) is 0 Å². The van der Waals surface area contributed by atoms with Crippen molar-refractivity contribution in [1.29, 1.82) is 0 Å². The molecule has 2 atom stereocenters. The monoisotopic (exact) mass is 274 g/mol. The molecule has 0 radical (unpaired) electrons. The molecule has 0 aliphatic carbocycles. The standard InChI is InChI=1S/C12H22N2O3S/c1-2-5-12(6-3-7-13-12)11(15)14-10-4-8-18(16,17)9-10/h10,13H,2-9H2,1H3,(H,14,15). The Hall–Kier alpha value is -0.620. The molecule has 0 aromatic carbocycles. The Balaban J connectivity index is 1.98. The zero-order chi connectivity index (χ0) is 13.2. The highest BCUT2D eigenvalue weighted by atomic mass is 32.2. The number of carbonyl (C=O) groups is 1. The van der Waals surface area contributed by atoms with Crippen LogP contribution in [0.25, 0.3) is 0 Å². The fraction of sp³-hybridized carbons (Fsp3) is 0.917. The zero-order valence-corrected chi connectivity index (χ0v) is 11.7. The van der Waals surface area contributed by atoms with Crippen molar-refractivity contribution >= 4 is 15.7 Å². The zero-order valence-electron chi connectivity index (χ0n) is 10.9. The minimum Gasteiger partial charge on any atom is -0.351 e. The number of amides is 1. The van der Waals surface area contributed by atoms with Crippen LogP contribution in [0.3, 0.4) is 0 Å². The lowest BCUT2D eigenvalue weighted by Crippen LogP contribution is -2.55. The minimum atomic E-state index is -2.93. The van der Waals surface area contributed by atoms with Gasteiger partial charge in [-0.05, 0) is 32.2 Å². The quantitative estimate of drug-likeness (QED) is 0.768. The van der Waals surface area contributed by atoms with Crippen molar-refractivity contribution in [1.82, 2.24) is 10.6 Å². The molecule has 18 heavy (non-hydrogen) atoms. The van der Waals surface area contributed by atoms with Crippen LogP contribution in [-0.2, 0) is 14.6 Å². The van der Waals surface area contributed by atoms with Crippen LogP contribution in [0.4, 0.5) is 0 Å². The first kappa shape index (κ1) is 13.8. The highest BCUT2D eigenvalue weighted by Crippen LogP contribution is 2.25. The molecule has 2 aliphatic rings. The predicted octanol–water partition coefficient (Wildman–Crippen LogP) is 0.212. The Bertz CT molecular complexity index is 413. The number of rotatable bonds is 4. The van der Waals surface area contributed by atoms with Crippen LogP contribution in [-0.4, -0.2) is 44.0 Å². The van der Waals surface area contributed by atoms with Crippen molar-refractivity contribution in [3.05, 3.63) is 0 Å². The summed E-state index contributed by atoms with van der Waals surface area (Å²) in [5.74, 6) is 0.288. The number of hydrogen-bond donors (Lipinski definition) is 2. The number of nitrogens with one attached hydrogen (secondary N) is 2. The maximum atomic E-state index is 12.4.